The Labute approximate surface area is 76.4 Å². The second kappa shape index (κ2) is 4.04. The van der Waals surface area contributed by atoms with E-state index in [9.17, 15) is 4.79 Å². The van der Waals surface area contributed by atoms with Crippen LogP contribution in [0.1, 0.15) is 17.4 Å². The summed E-state index contributed by atoms with van der Waals surface area (Å²) in [6.45, 7) is 1.87. The van der Waals surface area contributed by atoms with E-state index < -0.39 is 6.10 Å². The van der Waals surface area contributed by atoms with E-state index in [1.54, 1.807) is 24.9 Å². The average molecular weight is 183 g/mol. The first kappa shape index (κ1) is 9.73. The summed E-state index contributed by atoms with van der Waals surface area (Å²) in [6.07, 6.45) is 2.51. The van der Waals surface area contributed by atoms with Crippen LogP contribution in [-0.2, 0) is 7.05 Å². The van der Waals surface area contributed by atoms with Crippen molar-refractivity contribution >= 4 is 5.91 Å². The third kappa shape index (κ3) is 2.55. The van der Waals surface area contributed by atoms with E-state index in [-0.39, 0.29) is 12.5 Å². The highest BCUT2D eigenvalue weighted by Gasteiger charge is 2.09. The molecule has 1 amide bonds. The second-order valence-electron chi connectivity index (χ2n) is 2.95. The number of rotatable bonds is 3. The van der Waals surface area contributed by atoms with E-state index in [0.29, 0.717) is 5.69 Å². The number of aromatic nitrogens is 2. The van der Waals surface area contributed by atoms with Crippen molar-refractivity contribution in [1.82, 2.24) is 14.9 Å². The molecule has 0 aromatic carbocycles. The van der Waals surface area contributed by atoms with Gasteiger partial charge in [-0.15, -0.1) is 0 Å². The minimum atomic E-state index is -0.530. The lowest BCUT2D eigenvalue weighted by atomic mass is 10.3. The van der Waals surface area contributed by atoms with Gasteiger partial charge >= 0.3 is 0 Å². The maximum atomic E-state index is 11.3. The number of aliphatic hydroxyl groups is 1. The van der Waals surface area contributed by atoms with Crippen LogP contribution in [0, 0.1) is 0 Å². The molecule has 0 bridgehead atoms. The Hall–Kier alpha value is -1.36. The van der Waals surface area contributed by atoms with Gasteiger partial charge in [0.25, 0.3) is 5.91 Å². The number of imidazole rings is 1. The molecule has 0 radical (unpaired) electrons. The summed E-state index contributed by atoms with van der Waals surface area (Å²) in [5, 5.41) is 11.5. The van der Waals surface area contributed by atoms with Crippen molar-refractivity contribution in [2.45, 2.75) is 13.0 Å². The molecule has 0 spiro atoms. The number of amides is 1. The van der Waals surface area contributed by atoms with Gasteiger partial charge in [-0.2, -0.15) is 0 Å². The molecular formula is C8H13N3O2. The Balaban J connectivity index is 2.54. The number of hydrogen-bond acceptors (Lipinski definition) is 3. The summed E-state index contributed by atoms with van der Waals surface area (Å²) in [4.78, 5) is 15.2. The lowest BCUT2D eigenvalue weighted by Gasteiger charge is -2.06. The Morgan fingerprint density at radius 3 is 3.00 bits per heavy atom. The van der Waals surface area contributed by atoms with Crippen molar-refractivity contribution in [2.24, 2.45) is 7.05 Å². The standard InChI is InChI=1S/C8H13N3O2/c1-6(12)3-10-8(13)7-4-9-5-11(7)2/h4-6,12H,3H2,1-2H3,(H,10,13). The van der Waals surface area contributed by atoms with E-state index in [4.69, 9.17) is 5.11 Å². The Kier molecular flexibility index (Phi) is 3.02. The number of nitrogens with one attached hydrogen (secondary N) is 1. The zero-order chi connectivity index (χ0) is 9.84. The smallest absolute Gasteiger partial charge is 0.269 e. The first-order chi connectivity index (χ1) is 6.11. The van der Waals surface area contributed by atoms with Crippen molar-refractivity contribution in [1.29, 1.82) is 0 Å². The van der Waals surface area contributed by atoms with E-state index in [1.807, 2.05) is 0 Å². The van der Waals surface area contributed by atoms with E-state index in [2.05, 4.69) is 10.3 Å². The van der Waals surface area contributed by atoms with Crippen molar-refractivity contribution in [3.63, 3.8) is 0 Å². The van der Waals surface area contributed by atoms with Gasteiger partial charge in [-0.25, -0.2) is 4.98 Å². The van der Waals surface area contributed by atoms with Crippen LogP contribution in [0.15, 0.2) is 12.5 Å². The Bertz CT molecular complexity index is 293. The van der Waals surface area contributed by atoms with Crippen molar-refractivity contribution < 1.29 is 9.90 Å². The van der Waals surface area contributed by atoms with Gasteiger partial charge in [-0.3, -0.25) is 4.79 Å². The largest absolute Gasteiger partial charge is 0.392 e. The fraction of sp³-hybridized carbons (Fsp3) is 0.500. The number of carbonyl (C=O) groups excluding carboxylic acids is 1. The number of carbonyl (C=O) groups is 1. The summed E-state index contributed by atoms with van der Waals surface area (Å²) >= 11 is 0. The maximum absolute atomic E-state index is 11.3. The molecule has 1 atom stereocenters. The van der Waals surface area contributed by atoms with Crippen molar-refractivity contribution in [3.8, 4) is 0 Å². The zero-order valence-electron chi connectivity index (χ0n) is 7.69. The minimum Gasteiger partial charge on any atom is -0.392 e. The summed E-state index contributed by atoms with van der Waals surface area (Å²) in [6, 6.07) is 0. The molecular weight excluding hydrogens is 170 g/mol. The molecule has 0 saturated heterocycles. The fourth-order valence-corrected chi connectivity index (χ4v) is 0.907. The molecule has 1 rings (SSSR count). The van der Waals surface area contributed by atoms with Crippen LogP contribution in [0.5, 0.6) is 0 Å². The molecule has 0 aliphatic carbocycles. The summed E-state index contributed by atoms with van der Waals surface area (Å²) in [7, 11) is 1.74. The molecule has 1 heterocycles. The van der Waals surface area contributed by atoms with E-state index >= 15 is 0 Å². The van der Waals surface area contributed by atoms with Gasteiger partial charge in [-0.05, 0) is 6.92 Å². The minimum absolute atomic E-state index is 0.221. The lowest BCUT2D eigenvalue weighted by Crippen LogP contribution is -2.31. The van der Waals surface area contributed by atoms with Gasteiger partial charge in [0.05, 0.1) is 18.6 Å². The van der Waals surface area contributed by atoms with Gasteiger partial charge in [0.2, 0.25) is 0 Å². The molecule has 72 valence electrons. The van der Waals surface area contributed by atoms with Gasteiger partial charge in [0.1, 0.15) is 5.69 Å². The number of aryl methyl sites for hydroxylation is 1. The van der Waals surface area contributed by atoms with Gasteiger partial charge in [0, 0.05) is 13.6 Å². The molecule has 2 N–H and O–H groups in total. The van der Waals surface area contributed by atoms with E-state index in [1.165, 1.54) is 6.20 Å². The second-order valence-corrected chi connectivity index (χ2v) is 2.95. The molecule has 13 heavy (non-hydrogen) atoms. The van der Waals surface area contributed by atoms with Crippen LogP contribution in [0.3, 0.4) is 0 Å². The Morgan fingerprint density at radius 1 is 1.85 bits per heavy atom. The highest BCUT2D eigenvalue weighted by Crippen LogP contribution is 1.95. The molecule has 5 nitrogen and oxygen atoms in total. The molecule has 5 heteroatoms. The third-order valence-electron chi connectivity index (χ3n) is 1.61. The quantitative estimate of drug-likeness (QED) is 0.665. The lowest BCUT2D eigenvalue weighted by molar-refractivity contribution is 0.0916. The van der Waals surface area contributed by atoms with Crippen LogP contribution >= 0.6 is 0 Å². The van der Waals surface area contributed by atoms with Gasteiger partial charge in [-0.1, -0.05) is 0 Å². The van der Waals surface area contributed by atoms with Crippen LogP contribution in [0.2, 0.25) is 0 Å². The first-order valence-electron chi connectivity index (χ1n) is 4.04. The summed E-state index contributed by atoms with van der Waals surface area (Å²) in [5.74, 6) is -0.221. The molecule has 0 saturated carbocycles. The van der Waals surface area contributed by atoms with Crippen LogP contribution in [0.4, 0.5) is 0 Å². The number of hydrogen-bond donors (Lipinski definition) is 2. The first-order valence-corrected chi connectivity index (χ1v) is 4.04. The molecule has 1 unspecified atom stereocenters. The van der Waals surface area contributed by atoms with Crippen LogP contribution < -0.4 is 5.32 Å². The fourth-order valence-electron chi connectivity index (χ4n) is 0.907. The number of aliphatic hydroxyl groups excluding tert-OH is 1. The predicted octanol–water partition coefficient (Wildman–Crippen LogP) is -0.469. The monoisotopic (exact) mass is 183 g/mol. The maximum Gasteiger partial charge on any atom is 0.269 e. The number of nitrogens with zero attached hydrogens (tertiary/aromatic N) is 2. The molecule has 0 fully saturated rings. The van der Waals surface area contributed by atoms with E-state index in [0.717, 1.165) is 0 Å². The summed E-state index contributed by atoms with van der Waals surface area (Å²) < 4.78 is 1.62. The SMILES string of the molecule is CC(O)CNC(=O)c1cncn1C. The molecule has 1 aromatic rings. The van der Waals surface area contributed by atoms with Crippen molar-refractivity contribution in [3.05, 3.63) is 18.2 Å². The predicted molar refractivity (Wildman–Crippen MR) is 47.2 cm³/mol. The van der Waals surface area contributed by atoms with Crippen LogP contribution in [0.25, 0.3) is 0 Å². The molecule has 1 aromatic heterocycles. The highest BCUT2D eigenvalue weighted by atomic mass is 16.3. The topological polar surface area (TPSA) is 67.2 Å². The van der Waals surface area contributed by atoms with Crippen molar-refractivity contribution in [2.75, 3.05) is 6.54 Å². The van der Waals surface area contributed by atoms with Crippen LogP contribution in [-0.4, -0.2) is 33.2 Å². The molecule has 0 aliphatic heterocycles. The average Bonchev–Trinajstić information content (AvgIpc) is 2.47. The molecule has 0 aliphatic rings. The third-order valence-corrected chi connectivity index (χ3v) is 1.61. The normalized spacial score (nSPS) is 12.5. The summed E-state index contributed by atoms with van der Waals surface area (Å²) in [5.41, 5.74) is 0.487. The zero-order valence-corrected chi connectivity index (χ0v) is 7.69. The Morgan fingerprint density at radius 2 is 2.54 bits per heavy atom. The van der Waals surface area contributed by atoms with Gasteiger partial charge < -0.3 is 15.0 Å². The highest BCUT2D eigenvalue weighted by molar-refractivity contribution is 5.92. The van der Waals surface area contributed by atoms with Gasteiger partial charge in [0.15, 0.2) is 0 Å².